The Labute approximate surface area is 181 Å². The predicted octanol–water partition coefficient (Wildman–Crippen LogP) is 3.16. The van der Waals surface area contributed by atoms with Crippen molar-refractivity contribution < 1.29 is 9.53 Å². The van der Waals surface area contributed by atoms with Gasteiger partial charge in [-0.1, -0.05) is 12.1 Å². The summed E-state index contributed by atoms with van der Waals surface area (Å²) in [6.07, 6.45) is 3.16. The molecule has 4 unspecified atom stereocenters. The molecule has 2 N–H and O–H groups in total. The van der Waals surface area contributed by atoms with E-state index in [1.54, 1.807) is 12.1 Å². The number of rotatable bonds is 4. The van der Waals surface area contributed by atoms with Crippen LogP contribution >= 0.6 is 0 Å². The topological polar surface area (TPSA) is 111 Å². The van der Waals surface area contributed by atoms with Crippen LogP contribution in [-0.2, 0) is 4.79 Å². The van der Waals surface area contributed by atoms with Crippen molar-refractivity contribution in [2.75, 3.05) is 16.8 Å². The molecule has 0 saturated carbocycles. The molecule has 1 aromatic heterocycles. The lowest BCUT2D eigenvalue weighted by Crippen LogP contribution is -2.46. The SMILES string of the molecule is CCOc1cccc(C2c3c(nc(N4C(C)CCCC4C)[nH]c3=O)NC(=O)C2C#N)c1. The number of nitriles is 1. The molecule has 0 radical (unpaired) electrons. The Morgan fingerprint density at radius 3 is 2.68 bits per heavy atom. The van der Waals surface area contributed by atoms with E-state index in [0.717, 1.165) is 19.3 Å². The number of piperidine rings is 1. The Balaban J connectivity index is 1.84. The third kappa shape index (κ3) is 3.76. The van der Waals surface area contributed by atoms with Crippen LogP contribution in [0.25, 0.3) is 0 Å². The first-order valence-electron chi connectivity index (χ1n) is 10.8. The van der Waals surface area contributed by atoms with Gasteiger partial charge in [-0.25, -0.2) is 0 Å². The highest BCUT2D eigenvalue weighted by Crippen LogP contribution is 2.39. The molecule has 3 heterocycles. The van der Waals surface area contributed by atoms with E-state index in [9.17, 15) is 14.9 Å². The lowest BCUT2D eigenvalue weighted by atomic mass is 9.79. The molecule has 1 fully saturated rings. The minimum atomic E-state index is -1.04. The highest BCUT2D eigenvalue weighted by molar-refractivity contribution is 5.98. The van der Waals surface area contributed by atoms with E-state index in [0.29, 0.717) is 29.4 Å². The number of carbonyl (C=O) groups is 1. The maximum absolute atomic E-state index is 13.3. The monoisotopic (exact) mass is 421 g/mol. The van der Waals surface area contributed by atoms with E-state index in [2.05, 4.69) is 40.1 Å². The normalized spacial score (nSPS) is 25.4. The number of H-pyrrole nitrogens is 1. The maximum Gasteiger partial charge on any atom is 0.258 e. The number of benzene rings is 1. The van der Waals surface area contributed by atoms with E-state index < -0.39 is 17.7 Å². The third-order valence-electron chi connectivity index (χ3n) is 6.22. The van der Waals surface area contributed by atoms with Gasteiger partial charge >= 0.3 is 0 Å². The van der Waals surface area contributed by atoms with Crippen molar-refractivity contribution in [3.8, 4) is 11.8 Å². The molecular weight excluding hydrogens is 394 g/mol. The highest BCUT2D eigenvalue weighted by Gasteiger charge is 2.41. The summed E-state index contributed by atoms with van der Waals surface area (Å²) in [5.74, 6) is -0.901. The second-order valence-electron chi connectivity index (χ2n) is 8.27. The molecule has 2 aliphatic rings. The number of hydrogen-bond donors (Lipinski definition) is 2. The van der Waals surface area contributed by atoms with Gasteiger partial charge in [0.25, 0.3) is 5.56 Å². The second-order valence-corrected chi connectivity index (χ2v) is 8.27. The largest absolute Gasteiger partial charge is 0.494 e. The number of nitrogens with one attached hydrogen (secondary N) is 2. The summed E-state index contributed by atoms with van der Waals surface area (Å²) in [4.78, 5) is 35.8. The molecule has 162 valence electrons. The average Bonchev–Trinajstić information content (AvgIpc) is 2.73. The van der Waals surface area contributed by atoms with Gasteiger partial charge in [0, 0.05) is 18.0 Å². The first-order chi connectivity index (χ1) is 14.9. The Hall–Kier alpha value is -3.34. The van der Waals surface area contributed by atoms with E-state index in [4.69, 9.17) is 4.74 Å². The lowest BCUT2D eigenvalue weighted by molar-refractivity contribution is -0.119. The summed E-state index contributed by atoms with van der Waals surface area (Å²) in [6.45, 7) is 6.60. The van der Waals surface area contributed by atoms with Crippen molar-refractivity contribution in [1.29, 1.82) is 5.26 Å². The maximum atomic E-state index is 13.3. The Morgan fingerprint density at radius 1 is 1.26 bits per heavy atom. The molecular formula is C23H27N5O3. The minimum absolute atomic E-state index is 0.229. The molecule has 0 spiro atoms. The molecule has 4 atom stereocenters. The molecule has 8 heteroatoms. The van der Waals surface area contributed by atoms with Crippen molar-refractivity contribution >= 4 is 17.7 Å². The average molecular weight is 422 g/mol. The number of hydrogen-bond acceptors (Lipinski definition) is 6. The summed E-state index contributed by atoms with van der Waals surface area (Å²) in [5.41, 5.74) is 0.645. The van der Waals surface area contributed by atoms with Crippen molar-refractivity contribution in [3.05, 3.63) is 45.7 Å². The van der Waals surface area contributed by atoms with Gasteiger partial charge in [-0.05, 0) is 57.7 Å². The van der Waals surface area contributed by atoms with Gasteiger partial charge < -0.3 is 15.0 Å². The molecule has 8 nitrogen and oxygen atoms in total. The van der Waals surface area contributed by atoms with Crippen LogP contribution in [0.15, 0.2) is 29.1 Å². The van der Waals surface area contributed by atoms with Crippen molar-refractivity contribution in [1.82, 2.24) is 9.97 Å². The zero-order chi connectivity index (χ0) is 22.1. The fourth-order valence-corrected chi connectivity index (χ4v) is 4.78. The zero-order valence-corrected chi connectivity index (χ0v) is 18.0. The van der Waals surface area contributed by atoms with Gasteiger partial charge in [0.2, 0.25) is 11.9 Å². The van der Waals surface area contributed by atoms with Crippen LogP contribution in [0.2, 0.25) is 0 Å². The van der Waals surface area contributed by atoms with Gasteiger partial charge in [-0.2, -0.15) is 10.2 Å². The summed E-state index contributed by atoms with van der Waals surface area (Å²) in [5, 5.41) is 12.4. The highest BCUT2D eigenvalue weighted by atomic mass is 16.5. The number of carbonyl (C=O) groups excluding carboxylic acids is 1. The van der Waals surface area contributed by atoms with Crippen LogP contribution in [0.1, 0.15) is 57.1 Å². The molecule has 2 aliphatic heterocycles. The number of fused-ring (bicyclic) bond motifs is 1. The first kappa shape index (κ1) is 20.9. The number of amides is 1. The standard InChI is InChI=1S/C23H27N5O3/c1-4-31-16-10-6-9-15(11-16)18-17(12-24)21(29)25-20-19(18)22(30)27-23(26-20)28-13(2)7-5-8-14(28)3/h6,9-11,13-14,17-18H,4-5,7-8H2,1-3H3,(H2,25,26,27,29,30). The van der Waals surface area contributed by atoms with Crippen LogP contribution in [0.5, 0.6) is 5.75 Å². The Bertz CT molecular complexity index is 1080. The molecule has 4 rings (SSSR count). The summed E-state index contributed by atoms with van der Waals surface area (Å²) in [6, 6.07) is 9.73. The number of nitrogens with zero attached hydrogens (tertiary/aromatic N) is 3. The van der Waals surface area contributed by atoms with Crippen LogP contribution < -0.4 is 20.5 Å². The lowest BCUT2D eigenvalue weighted by Gasteiger charge is -2.40. The fraction of sp³-hybridized carbons (Fsp3) is 0.478. The smallest absolute Gasteiger partial charge is 0.258 e. The Morgan fingerprint density at radius 2 is 2.00 bits per heavy atom. The molecule has 0 aliphatic carbocycles. The third-order valence-corrected chi connectivity index (χ3v) is 6.22. The quantitative estimate of drug-likeness (QED) is 0.784. The van der Waals surface area contributed by atoms with Gasteiger partial charge in [-0.3, -0.25) is 14.6 Å². The number of aromatic amines is 1. The molecule has 0 bridgehead atoms. The zero-order valence-electron chi connectivity index (χ0n) is 18.0. The Kier molecular flexibility index (Phi) is 5.68. The van der Waals surface area contributed by atoms with Gasteiger partial charge in [-0.15, -0.1) is 0 Å². The van der Waals surface area contributed by atoms with Crippen LogP contribution in [-0.4, -0.2) is 34.6 Å². The molecule has 1 aromatic carbocycles. The van der Waals surface area contributed by atoms with E-state index in [1.165, 1.54) is 0 Å². The molecule has 2 aromatic rings. The van der Waals surface area contributed by atoms with Gasteiger partial charge in [0.05, 0.1) is 18.2 Å². The van der Waals surface area contributed by atoms with E-state index in [-0.39, 0.29) is 23.5 Å². The fourth-order valence-electron chi connectivity index (χ4n) is 4.78. The van der Waals surface area contributed by atoms with Crippen LogP contribution in [0.3, 0.4) is 0 Å². The van der Waals surface area contributed by atoms with Gasteiger partial charge in [0.1, 0.15) is 17.5 Å². The van der Waals surface area contributed by atoms with Gasteiger partial charge in [0.15, 0.2) is 0 Å². The number of ether oxygens (including phenoxy) is 1. The predicted molar refractivity (Wildman–Crippen MR) is 117 cm³/mol. The van der Waals surface area contributed by atoms with Crippen molar-refractivity contribution in [3.63, 3.8) is 0 Å². The van der Waals surface area contributed by atoms with Crippen LogP contribution in [0.4, 0.5) is 11.8 Å². The van der Waals surface area contributed by atoms with Crippen LogP contribution in [0, 0.1) is 17.2 Å². The van der Waals surface area contributed by atoms with E-state index in [1.807, 2.05) is 19.1 Å². The second kappa shape index (κ2) is 8.42. The molecule has 1 amide bonds. The minimum Gasteiger partial charge on any atom is -0.494 e. The summed E-state index contributed by atoms with van der Waals surface area (Å²) in [7, 11) is 0. The van der Waals surface area contributed by atoms with Crippen molar-refractivity contribution in [2.45, 2.75) is 58.0 Å². The van der Waals surface area contributed by atoms with E-state index >= 15 is 0 Å². The number of anilines is 2. The summed E-state index contributed by atoms with van der Waals surface area (Å²) >= 11 is 0. The molecule has 31 heavy (non-hydrogen) atoms. The first-order valence-corrected chi connectivity index (χ1v) is 10.8. The number of aromatic nitrogens is 2. The molecule has 1 saturated heterocycles. The summed E-state index contributed by atoms with van der Waals surface area (Å²) < 4.78 is 5.58. The van der Waals surface area contributed by atoms with Crippen molar-refractivity contribution in [2.24, 2.45) is 5.92 Å².